The first-order valence-electron chi connectivity index (χ1n) is 7.61. The van der Waals surface area contributed by atoms with Crippen LogP contribution in [0.1, 0.15) is 30.7 Å². The van der Waals surface area contributed by atoms with Crippen LogP contribution in [0.2, 0.25) is 0 Å². The molecule has 2 aliphatic rings. The average molecular weight is 310 g/mol. The van der Waals surface area contributed by atoms with Crippen LogP contribution in [0.25, 0.3) is 0 Å². The van der Waals surface area contributed by atoms with E-state index < -0.39 is 17.7 Å². The molecule has 2 N–H and O–H groups in total. The smallest absolute Gasteiger partial charge is 0.317 e. The van der Waals surface area contributed by atoms with Crippen molar-refractivity contribution in [2.75, 3.05) is 13.6 Å². The summed E-state index contributed by atoms with van der Waals surface area (Å²) in [5.41, 5.74) is 0.0495. The minimum atomic E-state index is -0.570. The van der Waals surface area contributed by atoms with Gasteiger partial charge in [-0.15, -0.1) is 0 Å². The quantitative estimate of drug-likeness (QED) is 0.876. The summed E-state index contributed by atoms with van der Waals surface area (Å²) in [7, 11) is 1.61. The second kappa shape index (κ2) is 5.83. The van der Waals surface area contributed by atoms with Gasteiger partial charge < -0.3 is 15.3 Å². The van der Waals surface area contributed by atoms with E-state index in [-0.39, 0.29) is 30.1 Å². The van der Waals surface area contributed by atoms with E-state index in [0.29, 0.717) is 12.3 Å². The van der Waals surface area contributed by atoms with Crippen LogP contribution in [-0.2, 0) is 0 Å². The van der Waals surface area contributed by atoms with Crippen LogP contribution < -0.4 is 5.32 Å². The van der Waals surface area contributed by atoms with E-state index in [1.807, 2.05) is 0 Å². The lowest BCUT2D eigenvalue weighted by Crippen LogP contribution is -2.43. The van der Waals surface area contributed by atoms with Crippen molar-refractivity contribution in [1.82, 2.24) is 10.2 Å². The highest BCUT2D eigenvalue weighted by molar-refractivity contribution is 5.75. The first-order chi connectivity index (χ1) is 10.5. The fourth-order valence-corrected chi connectivity index (χ4v) is 2.80. The van der Waals surface area contributed by atoms with E-state index in [4.69, 9.17) is 0 Å². The molecule has 0 saturated heterocycles. The van der Waals surface area contributed by atoms with Crippen molar-refractivity contribution < 1.29 is 18.7 Å². The molecule has 4 nitrogen and oxygen atoms in total. The first-order valence-corrected chi connectivity index (χ1v) is 7.61. The molecule has 3 rings (SSSR count). The number of carbonyl (C=O) groups excluding carboxylic acids is 1. The highest BCUT2D eigenvalue weighted by Crippen LogP contribution is 2.43. The van der Waals surface area contributed by atoms with Crippen molar-refractivity contribution in [1.29, 1.82) is 0 Å². The predicted octanol–water partition coefficient (Wildman–Crippen LogP) is 2.23. The summed E-state index contributed by atoms with van der Waals surface area (Å²) in [6.45, 7) is 0.280. The lowest BCUT2D eigenvalue weighted by molar-refractivity contribution is 0.113. The van der Waals surface area contributed by atoms with E-state index in [0.717, 1.165) is 12.8 Å². The van der Waals surface area contributed by atoms with Crippen LogP contribution in [0.5, 0.6) is 0 Å². The van der Waals surface area contributed by atoms with E-state index in [1.54, 1.807) is 7.05 Å². The lowest BCUT2D eigenvalue weighted by atomic mass is 10.1. The van der Waals surface area contributed by atoms with E-state index >= 15 is 0 Å². The molecule has 2 amide bonds. The van der Waals surface area contributed by atoms with Gasteiger partial charge in [-0.2, -0.15) is 0 Å². The Balaban J connectivity index is 1.53. The minimum Gasteiger partial charge on any atom is -0.391 e. The summed E-state index contributed by atoms with van der Waals surface area (Å²) in [6, 6.07) is 3.22. The van der Waals surface area contributed by atoms with Crippen molar-refractivity contribution in [2.24, 2.45) is 5.92 Å². The monoisotopic (exact) mass is 310 g/mol. The zero-order valence-corrected chi connectivity index (χ0v) is 12.4. The van der Waals surface area contributed by atoms with Gasteiger partial charge in [0.05, 0.1) is 6.10 Å². The van der Waals surface area contributed by atoms with Gasteiger partial charge in [0.2, 0.25) is 0 Å². The number of benzene rings is 1. The Morgan fingerprint density at radius 1 is 1.41 bits per heavy atom. The number of urea groups is 1. The molecule has 0 spiro atoms. The summed E-state index contributed by atoms with van der Waals surface area (Å²) >= 11 is 0. The number of amides is 2. The van der Waals surface area contributed by atoms with Crippen LogP contribution >= 0.6 is 0 Å². The van der Waals surface area contributed by atoms with Gasteiger partial charge in [0.25, 0.3) is 0 Å². The molecule has 2 aliphatic carbocycles. The van der Waals surface area contributed by atoms with Crippen molar-refractivity contribution >= 4 is 6.03 Å². The fourth-order valence-electron chi connectivity index (χ4n) is 2.80. The minimum absolute atomic E-state index is 0.0495. The third-order valence-electron chi connectivity index (χ3n) is 4.44. The number of hydrogen-bond donors (Lipinski definition) is 2. The normalized spacial score (nSPS) is 24.7. The topological polar surface area (TPSA) is 52.6 Å². The highest BCUT2D eigenvalue weighted by atomic mass is 19.1. The maximum absolute atomic E-state index is 13.7. The molecule has 2 fully saturated rings. The van der Waals surface area contributed by atoms with Crippen LogP contribution in [-0.4, -0.2) is 41.8 Å². The second-order valence-electron chi connectivity index (χ2n) is 6.32. The Morgan fingerprint density at radius 3 is 2.64 bits per heavy atom. The molecule has 2 saturated carbocycles. The number of carbonyl (C=O) groups is 1. The summed E-state index contributed by atoms with van der Waals surface area (Å²) in [6.07, 6.45) is 2.06. The molecule has 0 heterocycles. The Hall–Kier alpha value is -1.69. The van der Waals surface area contributed by atoms with Gasteiger partial charge in [-0.25, -0.2) is 13.6 Å². The number of halogens is 2. The molecule has 0 aromatic heterocycles. The van der Waals surface area contributed by atoms with Crippen molar-refractivity contribution in [3.8, 4) is 0 Å². The molecule has 1 aromatic carbocycles. The van der Waals surface area contributed by atoms with Gasteiger partial charge >= 0.3 is 6.03 Å². The molecule has 0 bridgehead atoms. The molecular formula is C16H20F2N2O2. The third kappa shape index (κ3) is 3.21. The predicted molar refractivity (Wildman–Crippen MR) is 77.4 cm³/mol. The lowest BCUT2D eigenvalue weighted by Gasteiger charge is -2.21. The molecule has 3 atom stereocenters. The Morgan fingerprint density at radius 2 is 2.05 bits per heavy atom. The second-order valence-corrected chi connectivity index (χ2v) is 6.32. The van der Waals surface area contributed by atoms with Gasteiger partial charge in [0.15, 0.2) is 0 Å². The molecule has 6 heteroatoms. The van der Waals surface area contributed by atoms with Crippen molar-refractivity contribution in [3.05, 3.63) is 35.4 Å². The van der Waals surface area contributed by atoms with Gasteiger partial charge in [0, 0.05) is 31.1 Å². The number of rotatable bonds is 5. The molecule has 0 aliphatic heterocycles. The molecule has 22 heavy (non-hydrogen) atoms. The SMILES string of the molecule is CN(CC(O)C1CC1)C(=O)NC1CC1c1c(F)cccc1F. The molecular weight excluding hydrogens is 290 g/mol. The van der Waals surface area contributed by atoms with Gasteiger partial charge in [-0.3, -0.25) is 0 Å². The van der Waals surface area contributed by atoms with Crippen LogP contribution in [0.4, 0.5) is 13.6 Å². The zero-order chi connectivity index (χ0) is 15.9. The number of nitrogens with one attached hydrogen (secondary N) is 1. The maximum atomic E-state index is 13.7. The summed E-state index contributed by atoms with van der Waals surface area (Å²) < 4.78 is 27.4. The Bertz CT molecular complexity index is 557. The van der Waals surface area contributed by atoms with Crippen LogP contribution in [0.15, 0.2) is 18.2 Å². The number of nitrogens with zero attached hydrogens (tertiary/aromatic N) is 1. The summed E-state index contributed by atoms with van der Waals surface area (Å²) in [5.74, 6) is -1.15. The summed E-state index contributed by atoms with van der Waals surface area (Å²) in [5, 5.41) is 12.6. The number of aliphatic hydroxyl groups is 1. The first kappa shape index (κ1) is 15.2. The van der Waals surface area contributed by atoms with Gasteiger partial charge in [-0.1, -0.05) is 6.07 Å². The van der Waals surface area contributed by atoms with Crippen molar-refractivity contribution in [3.63, 3.8) is 0 Å². The average Bonchev–Trinajstić information content (AvgIpc) is 3.33. The zero-order valence-electron chi connectivity index (χ0n) is 12.4. The van der Waals surface area contributed by atoms with Gasteiger partial charge in [-0.05, 0) is 37.3 Å². The fraction of sp³-hybridized carbons (Fsp3) is 0.562. The number of hydrogen-bond acceptors (Lipinski definition) is 2. The number of aliphatic hydroxyl groups excluding tert-OH is 1. The molecule has 3 unspecified atom stereocenters. The maximum Gasteiger partial charge on any atom is 0.317 e. The number of likely N-dealkylation sites (N-methyl/N-ethyl adjacent to an activating group) is 1. The van der Waals surface area contributed by atoms with E-state index in [1.165, 1.54) is 23.1 Å². The third-order valence-corrected chi connectivity index (χ3v) is 4.44. The highest BCUT2D eigenvalue weighted by Gasteiger charge is 2.43. The molecule has 0 radical (unpaired) electrons. The molecule has 1 aromatic rings. The van der Waals surface area contributed by atoms with Crippen LogP contribution in [0.3, 0.4) is 0 Å². The Kier molecular flexibility index (Phi) is 4.04. The Labute approximate surface area is 128 Å². The van der Waals surface area contributed by atoms with E-state index in [9.17, 15) is 18.7 Å². The van der Waals surface area contributed by atoms with Crippen molar-refractivity contribution in [2.45, 2.75) is 37.3 Å². The molecule has 120 valence electrons. The van der Waals surface area contributed by atoms with E-state index in [2.05, 4.69) is 5.32 Å². The van der Waals surface area contributed by atoms with Gasteiger partial charge in [0.1, 0.15) is 11.6 Å². The van der Waals surface area contributed by atoms with Crippen LogP contribution in [0, 0.1) is 17.6 Å². The largest absolute Gasteiger partial charge is 0.391 e. The standard InChI is InChI=1S/C16H20F2N2O2/c1-20(8-14(21)9-5-6-9)16(22)19-13-7-10(13)15-11(17)3-2-4-12(15)18/h2-4,9-10,13-14,21H,5-8H2,1H3,(H,19,22). The summed E-state index contributed by atoms with van der Waals surface area (Å²) in [4.78, 5) is 13.5.